The number of benzene rings is 1. The fourth-order valence-corrected chi connectivity index (χ4v) is 2.25. The van der Waals surface area contributed by atoms with Crippen LogP contribution in [0.3, 0.4) is 0 Å². The maximum Gasteiger partial charge on any atom is 0.0681 e. The summed E-state index contributed by atoms with van der Waals surface area (Å²) in [5.41, 5.74) is 3.50. The summed E-state index contributed by atoms with van der Waals surface area (Å²) in [5.74, 6) is 0. The lowest BCUT2D eigenvalue weighted by Gasteiger charge is -2.05. The Labute approximate surface area is 112 Å². The molecule has 0 atom stereocenters. The Kier molecular flexibility index (Phi) is 6.22. The summed E-state index contributed by atoms with van der Waals surface area (Å²) in [5, 5.41) is 16.6. The summed E-state index contributed by atoms with van der Waals surface area (Å²) >= 11 is 1.72. The molecule has 1 aromatic carbocycles. The second kappa shape index (κ2) is 7.45. The van der Waals surface area contributed by atoms with E-state index in [-0.39, 0.29) is 19.0 Å². The summed E-state index contributed by atoms with van der Waals surface area (Å²) in [6.07, 6.45) is 0. The zero-order valence-corrected chi connectivity index (χ0v) is 11.1. The molecule has 92 valence electrons. The number of halogens is 1. The zero-order chi connectivity index (χ0) is 11.2. The molecule has 0 aliphatic heterocycles. The minimum absolute atomic E-state index is 0. The molecule has 0 fully saturated rings. The Bertz CT molecular complexity index is 431. The molecular formula is C13H16ClNOS. The van der Waals surface area contributed by atoms with Gasteiger partial charge in [0, 0.05) is 13.1 Å². The van der Waals surface area contributed by atoms with E-state index in [1.165, 1.54) is 11.1 Å². The van der Waals surface area contributed by atoms with Crippen LogP contribution in [-0.4, -0.2) is 5.11 Å². The molecule has 2 aromatic rings. The third-order valence-electron chi connectivity index (χ3n) is 2.41. The van der Waals surface area contributed by atoms with E-state index in [0.717, 1.165) is 18.7 Å². The molecule has 2 N–H and O–H groups in total. The Balaban J connectivity index is 0.00000144. The highest BCUT2D eigenvalue weighted by Gasteiger charge is 1.96. The van der Waals surface area contributed by atoms with Gasteiger partial charge in [-0.25, -0.2) is 0 Å². The van der Waals surface area contributed by atoms with E-state index < -0.39 is 0 Å². The first-order chi connectivity index (χ1) is 7.88. The summed E-state index contributed by atoms with van der Waals surface area (Å²) < 4.78 is 0. The van der Waals surface area contributed by atoms with Crippen LogP contribution >= 0.6 is 23.7 Å². The van der Waals surface area contributed by atoms with Gasteiger partial charge in [0.2, 0.25) is 0 Å². The molecule has 4 heteroatoms. The number of aliphatic hydroxyl groups is 1. The summed E-state index contributed by atoms with van der Waals surface area (Å²) in [6.45, 7) is 1.84. The van der Waals surface area contributed by atoms with E-state index >= 15 is 0 Å². The standard InChI is InChI=1S/C13H15NOS.ClH/c15-9-12-3-1-2-11(6-12)7-14-8-13-4-5-16-10-13;/h1-6,10,14-15H,7-9H2;1H. The largest absolute Gasteiger partial charge is 0.392 e. The van der Waals surface area contributed by atoms with Gasteiger partial charge in [-0.05, 0) is 33.5 Å². The summed E-state index contributed by atoms with van der Waals surface area (Å²) in [6, 6.07) is 10.1. The van der Waals surface area contributed by atoms with Crippen molar-refractivity contribution in [2.75, 3.05) is 0 Å². The number of aliphatic hydroxyl groups excluding tert-OH is 1. The van der Waals surface area contributed by atoms with E-state index in [2.05, 4.69) is 28.2 Å². The molecule has 0 unspecified atom stereocenters. The molecule has 0 saturated carbocycles. The lowest BCUT2D eigenvalue weighted by molar-refractivity contribution is 0.281. The first-order valence-electron chi connectivity index (χ1n) is 5.29. The van der Waals surface area contributed by atoms with Gasteiger partial charge in [0.15, 0.2) is 0 Å². The zero-order valence-electron chi connectivity index (χ0n) is 9.43. The van der Waals surface area contributed by atoms with Gasteiger partial charge in [-0.1, -0.05) is 24.3 Å². The fourth-order valence-electron chi connectivity index (χ4n) is 1.58. The average molecular weight is 270 g/mol. The Morgan fingerprint density at radius 3 is 2.53 bits per heavy atom. The van der Waals surface area contributed by atoms with Crippen molar-refractivity contribution >= 4 is 23.7 Å². The molecular weight excluding hydrogens is 254 g/mol. The molecule has 2 nitrogen and oxygen atoms in total. The second-order valence-electron chi connectivity index (χ2n) is 3.71. The predicted octanol–water partition coefficient (Wildman–Crippen LogP) is 2.95. The Morgan fingerprint density at radius 1 is 1.06 bits per heavy atom. The molecule has 0 amide bonds. The van der Waals surface area contributed by atoms with Gasteiger partial charge in [-0.15, -0.1) is 12.4 Å². The first-order valence-corrected chi connectivity index (χ1v) is 6.23. The van der Waals surface area contributed by atoms with Crippen LogP contribution in [0.2, 0.25) is 0 Å². The topological polar surface area (TPSA) is 32.3 Å². The molecule has 1 aromatic heterocycles. The number of hydrogen-bond acceptors (Lipinski definition) is 3. The monoisotopic (exact) mass is 269 g/mol. The normalized spacial score (nSPS) is 9.94. The van der Waals surface area contributed by atoms with Crippen molar-refractivity contribution < 1.29 is 5.11 Å². The highest BCUT2D eigenvalue weighted by molar-refractivity contribution is 7.07. The van der Waals surface area contributed by atoms with E-state index in [4.69, 9.17) is 5.11 Å². The molecule has 0 bridgehead atoms. The van der Waals surface area contributed by atoms with Gasteiger partial charge >= 0.3 is 0 Å². The summed E-state index contributed by atoms with van der Waals surface area (Å²) in [4.78, 5) is 0. The van der Waals surface area contributed by atoms with Crippen molar-refractivity contribution in [3.8, 4) is 0 Å². The highest BCUT2D eigenvalue weighted by atomic mass is 35.5. The van der Waals surface area contributed by atoms with Crippen LogP contribution in [0.1, 0.15) is 16.7 Å². The lowest BCUT2D eigenvalue weighted by Crippen LogP contribution is -2.12. The maximum absolute atomic E-state index is 9.02. The number of thiophene rings is 1. The first kappa shape index (κ1) is 14.2. The van der Waals surface area contributed by atoms with Crippen molar-refractivity contribution in [3.05, 3.63) is 57.8 Å². The smallest absolute Gasteiger partial charge is 0.0681 e. The van der Waals surface area contributed by atoms with Crippen molar-refractivity contribution in [3.63, 3.8) is 0 Å². The number of hydrogen-bond donors (Lipinski definition) is 2. The van der Waals surface area contributed by atoms with Gasteiger partial charge < -0.3 is 10.4 Å². The van der Waals surface area contributed by atoms with Crippen LogP contribution in [0.25, 0.3) is 0 Å². The quantitative estimate of drug-likeness (QED) is 0.875. The molecule has 17 heavy (non-hydrogen) atoms. The highest BCUT2D eigenvalue weighted by Crippen LogP contribution is 2.07. The molecule has 2 rings (SSSR count). The molecule has 0 spiro atoms. The van der Waals surface area contributed by atoms with Gasteiger partial charge in [0.05, 0.1) is 6.61 Å². The van der Waals surface area contributed by atoms with Crippen molar-refractivity contribution in [1.82, 2.24) is 5.32 Å². The third kappa shape index (κ3) is 4.48. The fraction of sp³-hybridized carbons (Fsp3) is 0.231. The number of rotatable bonds is 5. The molecule has 0 aliphatic carbocycles. The number of nitrogens with one attached hydrogen (secondary N) is 1. The van der Waals surface area contributed by atoms with Crippen LogP contribution in [-0.2, 0) is 19.7 Å². The van der Waals surface area contributed by atoms with Gasteiger partial charge in [0.25, 0.3) is 0 Å². The van der Waals surface area contributed by atoms with Gasteiger partial charge in [-0.3, -0.25) is 0 Å². The third-order valence-corrected chi connectivity index (χ3v) is 3.14. The van der Waals surface area contributed by atoms with Gasteiger partial charge in [0.1, 0.15) is 0 Å². The van der Waals surface area contributed by atoms with E-state index in [1.54, 1.807) is 11.3 Å². The van der Waals surface area contributed by atoms with E-state index in [9.17, 15) is 0 Å². The lowest BCUT2D eigenvalue weighted by atomic mass is 10.1. The minimum atomic E-state index is 0. The van der Waals surface area contributed by atoms with Crippen molar-refractivity contribution in [1.29, 1.82) is 0 Å². The average Bonchev–Trinajstić information content (AvgIpc) is 2.82. The molecule has 1 heterocycles. The minimum Gasteiger partial charge on any atom is -0.392 e. The van der Waals surface area contributed by atoms with E-state index in [1.807, 2.05) is 18.2 Å². The summed E-state index contributed by atoms with van der Waals surface area (Å²) in [7, 11) is 0. The van der Waals surface area contributed by atoms with Crippen molar-refractivity contribution in [2.24, 2.45) is 0 Å². The van der Waals surface area contributed by atoms with Crippen LogP contribution in [0, 0.1) is 0 Å². The van der Waals surface area contributed by atoms with Gasteiger partial charge in [-0.2, -0.15) is 11.3 Å². The Hall–Kier alpha value is -0.870. The molecule has 0 saturated heterocycles. The molecule has 0 aliphatic rings. The van der Waals surface area contributed by atoms with E-state index in [0.29, 0.717) is 0 Å². The van der Waals surface area contributed by atoms with Crippen molar-refractivity contribution in [2.45, 2.75) is 19.7 Å². The second-order valence-corrected chi connectivity index (χ2v) is 4.49. The van der Waals surface area contributed by atoms with Crippen LogP contribution in [0.15, 0.2) is 41.1 Å². The van der Waals surface area contributed by atoms with Crippen LogP contribution in [0.5, 0.6) is 0 Å². The molecule has 0 radical (unpaired) electrons. The van der Waals surface area contributed by atoms with Crippen LogP contribution in [0.4, 0.5) is 0 Å². The Morgan fingerprint density at radius 2 is 1.82 bits per heavy atom. The van der Waals surface area contributed by atoms with Crippen LogP contribution < -0.4 is 5.32 Å². The maximum atomic E-state index is 9.02. The predicted molar refractivity (Wildman–Crippen MR) is 74.5 cm³/mol. The SMILES string of the molecule is Cl.OCc1cccc(CNCc2ccsc2)c1.